The van der Waals surface area contributed by atoms with Crippen LogP contribution in [0.1, 0.15) is 37.9 Å². The third kappa shape index (κ3) is 3.64. The first-order valence-electron chi connectivity index (χ1n) is 9.40. The first-order valence-corrected chi connectivity index (χ1v) is 9.40. The van der Waals surface area contributed by atoms with Gasteiger partial charge >= 0.3 is 0 Å². The Bertz CT molecular complexity index is 915. The van der Waals surface area contributed by atoms with Gasteiger partial charge in [-0.25, -0.2) is 14.4 Å². The Labute approximate surface area is 163 Å². The number of ether oxygens (including phenoxy) is 2. The largest absolute Gasteiger partial charge is 0.484 e. The molecule has 28 heavy (non-hydrogen) atoms. The van der Waals surface area contributed by atoms with E-state index in [1.807, 2.05) is 6.92 Å². The highest BCUT2D eigenvalue weighted by molar-refractivity contribution is 6.13. The first kappa shape index (κ1) is 18.6. The Morgan fingerprint density at radius 1 is 1.36 bits per heavy atom. The molecule has 8 heteroatoms. The molecule has 1 aromatic heterocycles. The topological polar surface area (TPSA) is 97.3 Å². The van der Waals surface area contributed by atoms with Gasteiger partial charge in [-0.15, -0.1) is 0 Å². The molecule has 0 amide bonds. The summed E-state index contributed by atoms with van der Waals surface area (Å²) in [6, 6.07) is 4.64. The molecule has 3 N–H and O–H groups in total. The van der Waals surface area contributed by atoms with Gasteiger partial charge in [-0.2, -0.15) is 0 Å². The number of halogens is 1. The third-order valence-electron chi connectivity index (χ3n) is 5.25. The van der Waals surface area contributed by atoms with Gasteiger partial charge in [0.15, 0.2) is 11.6 Å². The Morgan fingerprint density at radius 2 is 2.14 bits per heavy atom. The van der Waals surface area contributed by atoms with Crippen LogP contribution in [-0.2, 0) is 4.74 Å². The minimum absolute atomic E-state index is 0.105. The van der Waals surface area contributed by atoms with E-state index in [2.05, 4.69) is 21.8 Å². The van der Waals surface area contributed by atoms with Crippen LogP contribution in [0.3, 0.4) is 0 Å². The number of morpholine rings is 1. The highest BCUT2D eigenvalue weighted by Gasteiger charge is 2.40. The summed E-state index contributed by atoms with van der Waals surface area (Å²) in [6.07, 6.45) is 3.21. The van der Waals surface area contributed by atoms with E-state index >= 15 is 0 Å². The second-order valence-electron chi connectivity index (χ2n) is 7.68. The number of rotatable bonds is 5. The Kier molecular flexibility index (Phi) is 4.66. The summed E-state index contributed by atoms with van der Waals surface area (Å²) in [5, 5.41) is 8.59. The first-order chi connectivity index (χ1) is 13.4. The molecule has 1 atom stereocenters. The molecule has 1 saturated heterocycles. The van der Waals surface area contributed by atoms with Crippen LogP contribution in [0.2, 0.25) is 0 Å². The number of nitrogens with two attached hydrogens (primary N) is 1. The fourth-order valence-electron chi connectivity index (χ4n) is 3.25. The lowest BCUT2D eigenvalue weighted by Gasteiger charge is -2.34. The molecular formula is C20H24FN5O2. The number of aromatic nitrogens is 2. The number of anilines is 2. The average Bonchev–Trinajstić information content (AvgIpc) is 3.41. The molecule has 1 aromatic carbocycles. The zero-order chi connectivity index (χ0) is 19.9. The molecule has 4 rings (SSSR count). The zero-order valence-corrected chi connectivity index (χ0v) is 16.0. The summed E-state index contributed by atoms with van der Waals surface area (Å²) < 4.78 is 25.5. The maximum atomic E-state index is 14.3. The van der Waals surface area contributed by atoms with E-state index in [1.165, 1.54) is 18.5 Å². The molecule has 0 spiro atoms. The van der Waals surface area contributed by atoms with Gasteiger partial charge in [0.2, 0.25) is 0 Å². The quantitative estimate of drug-likeness (QED) is 0.607. The van der Waals surface area contributed by atoms with Crippen molar-refractivity contribution in [2.75, 3.05) is 30.4 Å². The Morgan fingerprint density at radius 3 is 2.86 bits per heavy atom. The molecule has 1 saturated carbocycles. The predicted molar refractivity (Wildman–Crippen MR) is 105 cm³/mol. The van der Waals surface area contributed by atoms with Crippen molar-refractivity contribution in [1.29, 1.82) is 5.41 Å². The van der Waals surface area contributed by atoms with Crippen LogP contribution in [0.5, 0.6) is 5.75 Å². The molecule has 148 valence electrons. The summed E-state index contributed by atoms with van der Waals surface area (Å²) in [5.74, 6) is 0.325. The Hall–Kier alpha value is -2.74. The van der Waals surface area contributed by atoms with Gasteiger partial charge in [0.25, 0.3) is 0 Å². The molecule has 2 aromatic rings. The van der Waals surface area contributed by atoms with E-state index in [1.54, 1.807) is 6.07 Å². The van der Waals surface area contributed by atoms with Crippen LogP contribution < -0.4 is 15.4 Å². The molecule has 0 bridgehead atoms. The SMILES string of the molecule is C[C@@H]1COCCN1c1cc(C(=N)c2cc(OC3(C)CC3)c(F)cc2N)ncn1. The molecule has 2 fully saturated rings. The lowest BCUT2D eigenvalue weighted by molar-refractivity contribution is 0.0985. The lowest BCUT2D eigenvalue weighted by atomic mass is 10.0. The average molecular weight is 385 g/mol. The minimum Gasteiger partial charge on any atom is -0.484 e. The smallest absolute Gasteiger partial charge is 0.167 e. The number of hydrogen-bond acceptors (Lipinski definition) is 7. The van der Waals surface area contributed by atoms with E-state index in [4.69, 9.17) is 20.6 Å². The van der Waals surface area contributed by atoms with Gasteiger partial charge in [-0.3, -0.25) is 5.41 Å². The molecule has 2 heterocycles. The van der Waals surface area contributed by atoms with Crippen molar-refractivity contribution in [3.05, 3.63) is 41.6 Å². The second-order valence-corrected chi connectivity index (χ2v) is 7.68. The van der Waals surface area contributed by atoms with E-state index in [0.29, 0.717) is 24.5 Å². The van der Waals surface area contributed by atoms with Crippen LogP contribution in [0, 0.1) is 11.2 Å². The van der Waals surface area contributed by atoms with Crippen molar-refractivity contribution >= 4 is 17.2 Å². The standard InChI is InChI=1S/C20H24FN5O2/c1-12-10-27-6-5-26(12)18-9-16(24-11-25-18)19(23)13-7-17(14(21)8-15(13)22)28-20(2)3-4-20/h7-9,11-12,23H,3-6,10,22H2,1-2H3/t12-/m1/s1. The summed E-state index contributed by atoms with van der Waals surface area (Å²) in [7, 11) is 0. The monoisotopic (exact) mass is 385 g/mol. The number of hydrogen-bond donors (Lipinski definition) is 2. The molecule has 2 aliphatic rings. The van der Waals surface area contributed by atoms with Gasteiger partial charge in [-0.1, -0.05) is 0 Å². The van der Waals surface area contributed by atoms with E-state index in [-0.39, 0.29) is 28.8 Å². The van der Waals surface area contributed by atoms with Crippen molar-refractivity contribution < 1.29 is 13.9 Å². The molecule has 0 radical (unpaired) electrons. The summed E-state index contributed by atoms with van der Waals surface area (Å²) >= 11 is 0. The van der Waals surface area contributed by atoms with E-state index < -0.39 is 5.82 Å². The number of nitrogens with zero attached hydrogens (tertiary/aromatic N) is 3. The second kappa shape index (κ2) is 7.01. The van der Waals surface area contributed by atoms with Crippen LogP contribution >= 0.6 is 0 Å². The van der Waals surface area contributed by atoms with Crippen molar-refractivity contribution in [2.24, 2.45) is 0 Å². The normalized spacial score (nSPS) is 20.7. The zero-order valence-electron chi connectivity index (χ0n) is 16.0. The fraction of sp³-hybridized carbons (Fsp3) is 0.450. The molecule has 0 unspecified atom stereocenters. The maximum absolute atomic E-state index is 14.3. The maximum Gasteiger partial charge on any atom is 0.167 e. The third-order valence-corrected chi connectivity index (χ3v) is 5.25. The lowest BCUT2D eigenvalue weighted by Crippen LogP contribution is -2.44. The number of benzene rings is 1. The van der Waals surface area contributed by atoms with Crippen molar-refractivity contribution in [2.45, 2.75) is 38.3 Å². The number of nitrogen functional groups attached to an aromatic ring is 1. The van der Waals surface area contributed by atoms with Crippen LogP contribution in [-0.4, -0.2) is 47.1 Å². The summed E-state index contributed by atoms with van der Waals surface area (Å²) in [4.78, 5) is 10.7. The van der Waals surface area contributed by atoms with Crippen molar-refractivity contribution in [3.8, 4) is 5.75 Å². The van der Waals surface area contributed by atoms with E-state index in [0.717, 1.165) is 25.2 Å². The van der Waals surface area contributed by atoms with Crippen LogP contribution in [0.15, 0.2) is 24.5 Å². The molecule has 7 nitrogen and oxygen atoms in total. The Balaban J connectivity index is 1.64. The van der Waals surface area contributed by atoms with Gasteiger partial charge in [0.05, 0.1) is 30.7 Å². The number of nitrogens with one attached hydrogen (secondary N) is 1. The van der Waals surface area contributed by atoms with E-state index in [9.17, 15) is 4.39 Å². The van der Waals surface area contributed by atoms with Crippen molar-refractivity contribution in [1.82, 2.24) is 9.97 Å². The highest BCUT2D eigenvalue weighted by atomic mass is 19.1. The van der Waals surface area contributed by atoms with Crippen molar-refractivity contribution in [3.63, 3.8) is 0 Å². The van der Waals surface area contributed by atoms with Gasteiger partial charge in [-0.05, 0) is 32.8 Å². The molecule has 1 aliphatic heterocycles. The predicted octanol–water partition coefficient (Wildman–Crippen LogP) is 2.77. The van der Waals surface area contributed by atoms with Gasteiger partial charge in [0, 0.05) is 29.9 Å². The van der Waals surface area contributed by atoms with Crippen LogP contribution in [0.25, 0.3) is 0 Å². The minimum atomic E-state index is -0.521. The summed E-state index contributed by atoms with van der Waals surface area (Å²) in [5.41, 5.74) is 6.77. The van der Waals surface area contributed by atoms with Crippen LogP contribution in [0.4, 0.5) is 15.9 Å². The fourth-order valence-corrected chi connectivity index (χ4v) is 3.25. The molecule has 1 aliphatic carbocycles. The highest BCUT2D eigenvalue weighted by Crippen LogP contribution is 2.41. The van der Waals surface area contributed by atoms with Gasteiger partial charge in [0.1, 0.15) is 17.7 Å². The summed E-state index contributed by atoms with van der Waals surface area (Å²) in [6.45, 7) is 5.98. The van der Waals surface area contributed by atoms with Gasteiger partial charge < -0.3 is 20.1 Å². The molecular weight excluding hydrogens is 361 g/mol.